The summed E-state index contributed by atoms with van der Waals surface area (Å²) in [6, 6.07) is 7.56. The Bertz CT molecular complexity index is 649. The first kappa shape index (κ1) is 14.9. The molecule has 0 saturated carbocycles. The molecule has 0 fully saturated rings. The highest BCUT2D eigenvalue weighted by Crippen LogP contribution is 2.31. The number of nitriles is 1. The lowest BCUT2D eigenvalue weighted by Crippen LogP contribution is -2.08. The van der Waals surface area contributed by atoms with E-state index >= 15 is 0 Å². The van der Waals surface area contributed by atoms with E-state index in [4.69, 9.17) is 9.47 Å². The predicted molar refractivity (Wildman–Crippen MR) is 78.1 cm³/mol. The number of nitrogens with zero attached hydrogens (tertiary/aromatic N) is 4. The molecule has 110 valence electrons. The Morgan fingerprint density at radius 2 is 1.81 bits per heavy atom. The van der Waals surface area contributed by atoms with E-state index in [-0.39, 0.29) is 0 Å². The molecule has 2 rings (SSSR count). The molecule has 1 aromatic heterocycles. The number of benzene rings is 1. The van der Waals surface area contributed by atoms with E-state index in [1.165, 1.54) is 0 Å². The molecule has 0 atom stereocenters. The Labute approximate surface area is 123 Å². The van der Waals surface area contributed by atoms with Crippen molar-refractivity contribution < 1.29 is 9.47 Å². The van der Waals surface area contributed by atoms with Gasteiger partial charge in [0.25, 0.3) is 0 Å². The summed E-state index contributed by atoms with van der Waals surface area (Å²) in [4.78, 5) is 0. The molecular weight excluding hydrogens is 268 g/mol. The molecule has 6 nitrogen and oxygen atoms in total. The summed E-state index contributed by atoms with van der Waals surface area (Å²) >= 11 is 0. The summed E-state index contributed by atoms with van der Waals surface area (Å²) in [5.74, 6) is 1.71. The predicted octanol–water partition coefficient (Wildman–Crippen LogP) is 2.49. The second-order valence-corrected chi connectivity index (χ2v) is 5.08. The third-order valence-electron chi connectivity index (χ3n) is 3.00. The zero-order valence-electron chi connectivity index (χ0n) is 12.6. The van der Waals surface area contributed by atoms with Gasteiger partial charge in [-0.15, -0.1) is 5.10 Å². The molecule has 0 aliphatic carbocycles. The summed E-state index contributed by atoms with van der Waals surface area (Å²) in [6.45, 7) is 4.86. The minimum Gasteiger partial charge on any atom is -0.497 e. The highest BCUT2D eigenvalue weighted by Gasteiger charge is 2.17. The minimum absolute atomic E-state index is 0.297. The van der Waals surface area contributed by atoms with Crippen molar-refractivity contribution in [1.29, 1.82) is 5.26 Å². The number of methoxy groups -OCH3 is 2. The van der Waals surface area contributed by atoms with Crippen LogP contribution in [0.3, 0.4) is 0 Å². The Morgan fingerprint density at radius 3 is 2.29 bits per heavy atom. The molecule has 0 aliphatic heterocycles. The highest BCUT2D eigenvalue weighted by molar-refractivity contribution is 5.68. The zero-order chi connectivity index (χ0) is 15.4. The first-order valence-electron chi connectivity index (χ1n) is 6.66. The highest BCUT2D eigenvalue weighted by atomic mass is 16.5. The Morgan fingerprint density at radius 1 is 1.19 bits per heavy atom. The molecule has 1 aromatic carbocycles. The molecule has 0 aliphatic rings. The third-order valence-corrected chi connectivity index (χ3v) is 3.00. The van der Waals surface area contributed by atoms with Gasteiger partial charge < -0.3 is 9.47 Å². The van der Waals surface area contributed by atoms with Gasteiger partial charge in [-0.1, -0.05) is 19.1 Å². The van der Waals surface area contributed by atoms with Crippen molar-refractivity contribution in [3.63, 3.8) is 0 Å². The Balaban J connectivity index is 2.59. The van der Waals surface area contributed by atoms with Gasteiger partial charge in [0.1, 0.15) is 23.3 Å². The van der Waals surface area contributed by atoms with Crippen LogP contribution in [0.4, 0.5) is 0 Å². The fourth-order valence-electron chi connectivity index (χ4n) is 2.09. The second kappa shape index (κ2) is 6.27. The maximum absolute atomic E-state index is 9.25. The maximum atomic E-state index is 9.25. The first-order chi connectivity index (χ1) is 10.1. The van der Waals surface area contributed by atoms with Crippen LogP contribution in [0.15, 0.2) is 18.2 Å². The van der Waals surface area contributed by atoms with E-state index in [9.17, 15) is 5.26 Å². The van der Waals surface area contributed by atoms with Crippen LogP contribution in [0.25, 0.3) is 11.3 Å². The lowest BCUT2D eigenvalue weighted by atomic mass is 10.1. The van der Waals surface area contributed by atoms with Gasteiger partial charge in [0.15, 0.2) is 5.69 Å². The molecule has 0 unspecified atom stereocenters. The Hall–Kier alpha value is -2.55. The van der Waals surface area contributed by atoms with Gasteiger partial charge in [0.05, 0.1) is 14.2 Å². The SMILES string of the molecule is COc1cc(OC)cc(-c2c(C#N)nnn2CC(C)C)c1. The third kappa shape index (κ3) is 3.14. The topological polar surface area (TPSA) is 73.0 Å². The number of aromatic nitrogens is 3. The van der Waals surface area contributed by atoms with Crippen LogP contribution >= 0.6 is 0 Å². The van der Waals surface area contributed by atoms with E-state index < -0.39 is 0 Å². The molecule has 0 radical (unpaired) electrons. The van der Waals surface area contributed by atoms with Crippen LogP contribution < -0.4 is 9.47 Å². The average Bonchev–Trinajstić information content (AvgIpc) is 2.88. The van der Waals surface area contributed by atoms with E-state index in [0.717, 1.165) is 5.56 Å². The summed E-state index contributed by atoms with van der Waals surface area (Å²) in [7, 11) is 3.18. The first-order valence-corrected chi connectivity index (χ1v) is 6.66. The van der Waals surface area contributed by atoms with Crippen molar-refractivity contribution in [2.45, 2.75) is 20.4 Å². The standard InChI is InChI=1S/C15H18N4O2/c1-10(2)9-19-15(14(8-16)17-18-19)11-5-12(20-3)7-13(6-11)21-4/h5-7,10H,9H2,1-4H3. The van der Waals surface area contributed by atoms with Crippen LogP contribution in [0, 0.1) is 17.2 Å². The van der Waals surface area contributed by atoms with E-state index in [2.05, 4.69) is 30.2 Å². The second-order valence-electron chi connectivity index (χ2n) is 5.08. The van der Waals surface area contributed by atoms with E-state index in [1.54, 1.807) is 25.0 Å². The minimum atomic E-state index is 0.297. The van der Waals surface area contributed by atoms with Gasteiger partial charge in [0.2, 0.25) is 0 Å². The summed E-state index contributed by atoms with van der Waals surface area (Å²) in [6.07, 6.45) is 0. The normalized spacial score (nSPS) is 10.5. The van der Waals surface area contributed by atoms with Gasteiger partial charge in [-0.2, -0.15) is 5.26 Å². The molecule has 1 heterocycles. The van der Waals surface area contributed by atoms with Crippen molar-refractivity contribution in [2.75, 3.05) is 14.2 Å². The number of hydrogen-bond donors (Lipinski definition) is 0. The van der Waals surface area contributed by atoms with Gasteiger partial charge in [0, 0.05) is 18.2 Å². The molecule has 0 N–H and O–H groups in total. The van der Waals surface area contributed by atoms with Gasteiger partial charge in [-0.3, -0.25) is 0 Å². The van der Waals surface area contributed by atoms with Crippen LogP contribution in [-0.4, -0.2) is 29.2 Å². The van der Waals surface area contributed by atoms with Crippen molar-refractivity contribution in [2.24, 2.45) is 5.92 Å². The lowest BCUT2D eigenvalue weighted by molar-refractivity contribution is 0.394. The monoisotopic (exact) mass is 286 g/mol. The lowest BCUT2D eigenvalue weighted by Gasteiger charge is -2.11. The fraction of sp³-hybridized carbons (Fsp3) is 0.400. The summed E-state index contributed by atoms with van der Waals surface area (Å²) < 4.78 is 12.3. The van der Waals surface area contributed by atoms with Gasteiger partial charge in [-0.25, -0.2) is 4.68 Å². The smallest absolute Gasteiger partial charge is 0.190 e. The maximum Gasteiger partial charge on any atom is 0.190 e. The molecular formula is C15H18N4O2. The van der Waals surface area contributed by atoms with E-state index in [0.29, 0.717) is 35.3 Å². The van der Waals surface area contributed by atoms with Gasteiger partial charge >= 0.3 is 0 Å². The number of rotatable bonds is 5. The van der Waals surface area contributed by atoms with E-state index in [1.807, 2.05) is 12.1 Å². The Kier molecular flexibility index (Phi) is 4.43. The summed E-state index contributed by atoms with van der Waals surface area (Å²) in [5, 5.41) is 17.3. The van der Waals surface area contributed by atoms with Gasteiger partial charge in [-0.05, 0) is 18.1 Å². The number of hydrogen-bond acceptors (Lipinski definition) is 5. The van der Waals surface area contributed by atoms with Crippen LogP contribution in [-0.2, 0) is 6.54 Å². The fourth-order valence-corrected chi connectivity index (χ4v) is 2.09. The molecule has 6 heteroatoms. The molecule has 0 saturated heterocycles. The molecule has 0 bridgehead atoms. The molecule has 2 aromatic rings. The van der Waals surface area contributed by atoms with Crippen molar-refractivity contribution in [3.8, 4) is 28.8 Å². The van der Waals surface area contributed by atoms with Crippen LogP contribution in [0.1, 0.15) is 19.5 Å². The van der Waals surface area contributed by atoms with Crippen LogP contribution in [0.2, 0.25) is 0 Å². The molecule has 21 heavy (non-hydrogen) atoms. The van der Waals surface area contributed by atoms with Crippen molar-refractivity contribution in [1.82, 2.24) is 15.0 Å². The largest absolute Gasteiger partial charge is 0.497 e. The quantitative estimate of drug-likeness (QED) is 0.844. The average molecular weight is 286 g/mol. The molecule has 0 amide bonds. The van der Waals surface area contributed by atoms with Crippen molar-refractivity contribution in [3.05, 3.63) is 23.9 Å². The van der Waals surface area contributed by atoms with Crippen LogP contribution in [0.5, 0.6) is 11.5 Å². The molecule has 0 spiro atoms. The summed E-state index contributed by atoms with van der Waals surface area (Å²) in [5.41, 5.74) is 1.78. The zero-order valence-corrected chi connectivity index (χ0v) is 12.6. The van der Waals surface area contributed by atoms with Crippen molar-refractivity contribution >= 4 is 0 Å². The number of ether oxygens (including phenoxy) is 2.